The van der Waals surface area contributed by atoms with Gasteiger partial charge in [0.1, 0.15) is 28.8 Å². The third-order valence-corrected chi connectivity index (χ3v) is 5.20. The molecule has 2 aromatic rings. The van der Waals surface area contributed by atoms with Gasteiger partial charge in [-0.25, -0.2) is 0 Å². The summed E-state index contributed by atoms with van der Waals surface area (Å²) in [6.45, 7) is 6.54. The van der Waals surface area contributed by atoms with Gasteiger partial charge >= 0.3 is 0 Å². The van der Waals surface area contributed by atoms with Gasteiger partial charge < -0.3 is 19.5 Å². The molecule has 0 spiro atoms. The summed E-state index contributed by atoms with van der Waals surface area (Å²) < 4.78 is 17.5. The first-order valence-corrected chi connectivity index (χ1v) is 9.07. The van der Waals surface area contributed by atoms with Crippen LogP contribution >= 0.6 is 0 Å². The number of rotatable bonds is 6. The van der Waals surface area contributed by atoms with Crippen molar-refractivity contribution in [3.63, 3.8) is 0 Å². The number of carbonyl (C=O) groups is 1. The number of hydrogen-bond acceptors (Lipinski definition) is 5. The van der Waals surface area contributed by atoms with Crippen LogP contribution in [0.4, 0.5) is 0 Å². The Morgan fingerprint density at radius 2 is 1.52 bits per heavy atom. The normalized spacial score (nSPS) is 14.0. The van der Waals surface area contributed by atoms with Crippen molar-refractivity contribution in [2.24, 2.45) is 0 Å². The van der Waals surface area contributed by atoms with Crippen molar-refractivity contribution in [2.45, 2.75) is 39.2 Å². The average molecular weight is 369 g/mol. The molecule has 1 aliphatic heterocycles. The van der Waals surface area contributed by atoms with Crippen LogP contribution in [0.25, 0.3) is 0 Å². The Labute approximate surface area is 160 Å². The number of benzene rings is 2. The summed E-state index contributed by atoms with van der Waals surface area (Å²) in [5.74, 6) is 3.02. The van der Waals surface area contributed by atoms with Crippen molar-refractivity contribution in [3.8, 4) is 23.0 Å². The molecule has 0 radical (unpaired) electrons. The predicted molar refractivity (Wildman–Crippen MR) is 105 cm³/mol. The number of hydrogen-bond donors (Lipinski definition) is 1. The lowest BCUT2D eigenvalue weighted by Gasteiger charge is -2.37. The highest BCUT2D eigenvalue weighted by Crippen LogP contribution is 2.53. The molecule has 2 aromatic carbocycles. The second-order valence-electron chi connectivity index (χ2n) is 7.38. The van der Waals surface area contributed by atoms with E-state index in [2.05, 4.69) is 25.2 Å². The summed E-state index contributed by atoms with van der Waals surface area (Å²) in [7, 11) is 5.17. The molecule has 27 heavy (non-hydrogen) atoms. The maximum absolute atomic E-state index is 11.9. The first-order valence-electron chi connectivity index (χ1n) is 9.07. The van der Waals surface area contributed by atoms with Gasteiger partial charge in [-0.05, 0) is 26.1 Å². The van der Waals surface area contributed by atoms with Crippen LogP contribution in [0.1, 0.15) is 43.0 Å². The average Bonchev–Trinajstić information content (AvgIpc) is 2.62. The van der Waals surface area contributed by atoms with Crippen LogP contribution in [0.5, 0.6) is 23.0 Å². The standard InChI is InChI=1S/C22H27NO4/c1-13(24)11-14-18(25-5)9-7-16-20(14)27-21-15(12-23-4)19(26-6)10-8-17(21)22(16,2)3/h7-10,23H,11-12H2,1-6H3. The summed E-state index contributed by atoms with van der Waals surface area (Å²) in [4.78, 5) is 11.9. The molecule has 0 aromatic heterocycles. The molecule has 5 nitrogen and oxygen atoms in total. The zero-order valence-corrected chi connectivity index (χ0v) is 16.9. The summed E-state index contributed by atoms with van der Waals surface area (Å²) >= 11 is 0. The summed E-state index contributed by atoms with van der Waals surface area (Å²) in [6, 6.07) is 8.00. The molecular weight excluding hydrogens is 342 g/mol. The molecule has 0 saturated carbocycles. The van der Waals surface area contributed by atoms with Crippen LogP contribution in [0.3, 0.4) is 0 Å². The fourth-order valence-electron chi connectivity index (χ4n) is 3.83. The van der Waals surface area contributed by atoms with E-state index in [0.29, 0.717) is 18.0 Å². The Morgan fingerprint density at radius 1 is 1.00 bits per heavy atom. The number of Topliss-reactive ketones (excluding diaryl/α,β-unsaturated/α-hetero) is 1. The van der Waals surface area contributed by atoms with E-state index in [9.17, 15) is 4.79 Å². The fourth-order valence-corrected chi connectivity index (χ4v) is 3.83. The Morgan fingerprint density at radius 3 is 2.00 bits per heavy atom. The number of carbonyl (C=O) groups excluding carboxylic acids is 1. The van der Waals surface area contributed by atoms with Gasteiger partial charge in [0.2, 0.25) is 0 Å². The third kappa shape index (κ3) is 3.16. The fraction of sp³-hybridized carbons (Fsp3) is 0.409. The second-order valence-corrected chi connectivity index (χ2v) is 7.38. The highest BCUT2D eigenvalue weighted by Gasteiger charge is 2.38. The molecule has 3 rings (SSSR count). The SMILES string of the molecule is CNCc1c(OC)ccc2c1Oc1c(ccc(OC)c1CC(C)=O)C2(C)C. The summed E-state index contributed by atoms with van der Waals surface area (Å²) in [5, 5.41) is 3.19. The molecule has 144 valence electrons. The minimum Gasteiger partial charge on any atom is -0.496 e. The van der Waals surface area contributed by atoms with Gasteiger partial charge in [0.05, 0.1) is 19.8 Å². The molecule has 0 aliphatic carbocycles. The number of fused-ring (bicyclic) bond motifs is 2. The minimum absolute atomic E-state index is 0.0648. The van der Waals surface area contributed by atoms with Crippen LogP contribution in [-0.4, -0.2) is 27.1 Å². The molecule has 0 bridgehead atoms. The first-order chi connectivity index (χ1) is 12.8. The lowest BCUT2D eigenvalue weighted by atomic mass is 9.74. The highest BCUT2D eigenvalue weighted by atomic mass is 16.5. The van der Waals surface area contributed by atoms with Crippen LogP contribution in [0.2, 0.25) is 0 Å². The summed E-state index contributed by atoms with van der Waals surface area (Å²) in [5.41, 5.74) is 3.62. The van der Waals surface area contributed by atoms with E-state index in [1.54, 1.807) is 21.1 Å². The Hall–Kier alpha value is -2.53. The molecule has 0 fully saturated rings. The van der Waals surface area contributed by atoms with Crippen LogP contribution in [0, 0.1) is 0 Å². The Kier molecular flexibility index (Phi) is 5.16. The van der Waals surface area contributed by atoms with Gasteiger partial charge in [-0.2, -0.15) is 0 Å². The molecule has 5 heteroatoms. The Bertz CT molecular complexity index is 886. The topological polar surface area (TPSA) is 56.8 Å². The van der Waals surface area contributed by atoms with Crippen LogP contribution < -0.4 is 19.5 Å². The van der Waals surface area contributed by atoms with E-state index in [1.807, 2.05) is 25.2 Å². The number of nitrogens with one attached hydrogen (secondary N) is 1. The maximum atomic E-state index is 11.9. The van der Waals surface area contributed by atoms with Gasteiger partial charge in [0.15, 0.2) is 0 Å². The number of ketones is 1. The maximum Gasteiger partial charge on any atom is 0.139 e. The third-order valence-electron chi connectivity index (χ3n) is 5.20. The Balaban J connectivity index is 2.28. The molecule has 1 N–H and O–H groups in total. The van der Waals surface area contributed by atoms with Gasteiger partial charge in [0.25, 0.3) is 0 Å². The smallest absolute Gasteiger partial charge is 0.139 e. The largest absolute Gasteiger partial charge is 0.496 e. The van der Waals surface area contributed by atoms with E-state index in [0.717, 1.165) is 33.8 Å². The van der Waals surface area contributed by atoms with Crippen molar-refractivity contribution >= 4 is 5.78 Å². The van der Waals surface area contributed by atoms with Crippen molar-refractivity contribution in [3.05, 3.63) is 46.5 Å². The van der Waals surface area contributed by atoms with Gasteiger partial charge in [0, 0.05) is 35.1 Å². The molecular formula is C22H27NO4. The predicted octanol–water partition coefficient (Wildman–Crippen LogP) is 3.99. The first kappa shape index (κ1) is 19.2. The zero-order valence-electron chi connectivity index (χ0n) is 16.9. The van der Waals surface area contributed by atoms with Crippen molar-refractivity contribution in [1.82, 2.24) is 5.32 Å². The highest BCUT2D eigenvalue weighted by molar-refractivity contribution is 5.81. The van der Waals surface area contributed by atoms with E-state index in [1.165, 1.54) is 0 Å². The molecule has 0 unspecified atom stereocenters. The molecule has 1 heterocycles. The lowest BCUT2D eigenvalue weighted by Crippen LogP contribution is -2.26. The van der Waals surface area contributed by atoms with Crippen molar-refractivity contribution < 1.29 is 19.0 Å². The molecule has 0 saturated heterocycles. The van der Waals surface area contributed by atoms with Gasteiger partial charge in [-0.3, -0.25) is 4.79 Å². The summed E-state index contributed by atoms with van der Waals surface area (Å²) in [6.07, 6.45) is 0.267. The van der Waals surface area contributed by atoms with Gasteiger partial charge in [-0.15, -0.1) is 0 Å². The number of ether oxygens (including phenoxy) is 3. The molecule has 0 amide bonds. The van der Waals surface area contributed by atoms with Crippen LogP contribution in [0.15, 0.2) is 24.3 Å². The quantitative estimate of drug-likeness (QED) is 0.834. The number of methoxy groups -OCH3 is 2. The lowest BCUT2D eigenvalue weighted by molar-refractivity contribution is -0.116. The van der Waals surface area contributed by atoms with E-state index < -0.39 is 0 Å². The van der Waals surface area contributed by atoms with E-state index in [4.69, 9.17) is 14.2 Å². The molecule has 1 aliphatic rings. The van der Waals surface area contributed by atoms with Crippen molar-refractivity contribution in [2.75, 3.05) is 21.3 Å². The van der Waals surface area contributed by atoms with E-state index in [-0.39, 0.29) is 17.6 Å². The minimum atomic E-state index is -0.282. The van der Waals surface area contributed by atoms with E-state index >= 15 is 0 Å². The second kappa shape index (κ2) is 7.24. The zero-order chi connectivity index (χ0) is 19.8. The molecule has 0 atom stereocenters. The van der Waals surface area contributed by atoms with Crippen molar-refractivity contribution in [1.29, 1.82) is 0 Å². The van der Waals surface area contributed by atoms with Crippen LogP contribution in [-0.2, 0) is 23.2 Å². The monoisotopic (exact) mass is 369 g/mol. The van der Waals surface area contributed by atoms with Gasteiger partial charge in [-0.1, -0.05) is 26.0 Å².